The molecule has 1 aromatic carbocycles. The molecule has 1 atom stereocenters. The quantitative estimate of drug-likeness (QED) is 0.833. The van der Waals surface area contributed by atoms with Crippen molar-refractivity contribution in [2.24, 2.45) is 0 Å². The van der Waals surface area contributed by atoms with Gasteiger partial charge in [0, 0.05) is 34.6 Å². The van der Waals surface area contributed by atoms with E-state index in [1.807, 2.05) is 23.1 Å². The largest absolute Gasteiger partial charge is 0.333 e. The zero-order valence-electron chi connectivity index (χ0n) is 9.54. The number of carbonyl (C=O) groups is 1. The van der Waals surface area contributed by atoms with Crippen LogP contribution in [0.25, 0.3) is 0 Å². The minimum atomic E-state index is 0.0957. The summed E-state index contributed by atoms with van der Waals surface area (Å²) in [5, 5.41) is 3.28. The fraction of sp³-hybridized carbons (Fsp3) is 0.417. The van der Waals surface area contributed by atoms with Crippen LogP contribution >= 0.6 is 31.9 Å². The van der Waals surface area contributed by atoms with Crippen molar-refractivity contribution in [1.29, 1.82) is 0 Å². The van der Waals surface area contributed by atoms with E-state index in [2.05, 4.69) is 44.1 Å². The zero-order chi connectivity index (χ0) is 12.4. The lowest BCUT2D eigenvalue weighted by molar-refractivity contribution is 0.0655. The van der Waals surface area contributed by atoms with Crippen molar-refractivity contribution in [3.05, 3.63) is 32.7 Å². The average Bonchev–Trinajstić information content (AvgIpc) is 2.29. The van der Waals surface area contributed by atoms with Crippen molar-refractivity contribution in [1.82, 2.24) is 10.2 Å². The Morgan fingerprint density at radius 2 is 2.24 bits per heavy atom. The van der Waals surface area contributed by atoms with E-state index in [-0.39, 0.29) is 11.9 Å². The third kappa shape index (κ3) is 2.89. The number of nitrogens with one attached hydrogen (secondary N) is 1. The molecule has 1 aliphatic heterocycles. The lowest BCUT2D eigenvalue weighted by atomic mass is 10.1. The molecule has 1 saturated heterocycles. The monoisotopic (exact) mass is 360 g/mol. The molecule has 1 amide bonds. The molecule has 1 N–H and O–H groups in total. The number of halogens is 2. The van der Waals surface area contributed by atoms with Crippen molar-refractivity contribution < 1.29 is 4.79 Å². The van der Waals surface area contributed by atoms with Crippen molar-refractivity contribution >= 4 is 37.8 Å². The number of carbonyl (C=O) groups excluding carboxylic acids is 1. The number of amides is 1. The summed E-state index contributed by atoms with van der Waals surface area (Å²) in [6.45, 7) is 4.56. The summed E-state index contributed by atoms with van der Waals surface area (Å²) in [6, 6.07) is 5.89. The first kappa shape index (κ1) is 13.1. The Balaban J connectivity index is 2.24. The first-order valence-electron chi connectivity index (χ1n) is 5.56. The maximum atomic E-state index is 12.4. The topological polar surface area (TPSA) is 32.3 Å². The second kappa shape index (κ2) is 5.50. The highest BCUT2D eigenvalue weighted by Crippen LogP contribution is 2.24. The molecule has 0 bridgehead atoms. The van der Waals surface area contributed by atoms with E-state index in [1.54, 1.807) is 0 Å². The third-order valence-electron chi connectivity index (χ3n) is 2.92. The van der Waals surface area contributed by atoms with Gasteiger partial charge >= 0.3 is 0 Å². The van der Waals surface area contributed by atoms with Crippen LogP contribution in [-0.2, 0) is 0 Å². The van der Waals surface area contributed by atoms with Crippen LogP contribution in [0.15, 0.2) is 27.1 Å². The lowest BCUT2D eigenvalue weighted by Crippen LogP contribution is -2.52. The third-order valence-corrected chi connectivity index (χ3v) is 4.07. The van der Waals surface area contributed by atoms with Crippen molar-refractivity contribution in [3.8, 4) is 0 Å². The van der Waals surface area contributed by atoms with Crippen LogP contribution in [0.4, 0.5) is 0 Å². The Hall–Kier alpha value is -0.390. The number of nitrogens with zero attached hydrogens (tertiary/aromatic N) is 1. The summed E-state index contributed by atoms with van der Waals surface area (Å²) in [5.41, 5.74) is 0.724. The van der Waals surface area contributed by atoms with Crippen molar-refractivity contribution in [2.75, 3.05) is 19.6 Å². The molecule has 2 rings (SSSR count). The number of benzene rings is 1. The predicted molar refractivity (Wildman–Crippen MR) is 75.2 cm³/mol. The number of piperazine rings is 1. The van der Waals surface area contributed by atoms with Gasteiger partial charge in [-0.25, -0.2) is 0 Å². The molecule has 0 aliphatic carbocycles. The van der Waals surface area contributed by atoms with Gasteiger partial charge in [-0.05, 0) is 41.1 Å². The molecule has 1 aromatic rings. The zero-order valence-corrected chi connectivity index (χ0v) is 12.7. The minimum Gasteiger partial charge on any atom is -0.333 e. The Morgan fingerprint density at radius 3 is 2.88 bits per heavy atom. The Bertz CT molecular complexity index is 437. The summed E-state index contributed by atoms with van der Waals surface area (Å²) in [4.78, 5) is 14.3. The van der Waals surface area contributed by atoms with Gasteiger partial charge in [-0.1, -0.05) is 15.9 Å². The molecular formula is C12H14Br2N2O. The highest BCUT2D eigenvalue weighted by molar-refractivity contribution is 9.11. The summed E-state index contributed by atoms with van der Waals surface area (Å²) in [6.07, 6.45) is 0. The van der Waals surface area contributed by atoms with Gasteiger partial charge < -0.3 is 10.2 Å². The van der Waals surface area contributed by atoms with Gasteiger partial charge in [-0.3, -0.25) is 4.79 Å². The maximum absolute atomic E-state index is 12.4. The second-order valence-corrected chi connectivity index (χ2v) is 5.95. The Morgan fingerprint density at radius 1 is 1.47 bits per heavy atom. The van der Waals surface area contributed by atoms with E-state index >= 15 is 0 Å². The van der Waals surface area contributed by atoms with Gasteiger partial charge in [-0.2, -0.15) is 0 Å². The number of rotatable bonds is 1. The van der Waals surface area contributed by atoms with E-state index in [0.29, 0.717) is 0 Å². The highest BCUT2D eigenvalue weighted by atomic mass is 79.9. The van der Waals surface area contributed by atoms with E-state index in [9.17, 15) is 4.79 Å². The number of hydrogen-bond donors (Lipinski definition) is 1. The molecule has 1 fully saturated rings. The molecule has 3 nitrogen and oxygen atoms in total. The van der Waals surface area contributed by atoms with E-state index in [1.165, 1.54) is 0 Å². The smallest absolute Gasteiger partial charge is 0.255 e. The fourth-order valence-electron chi connectivity index (χ4n) is 1.96. The summed E-state index contributed by atoms with van der Waals surface area (Å²) >= 11 is 6.83. The van der Waals surface area contributed by atoms with Crippen molar-refractivity contribution in [3.63, 3.8) is 0 Å². The predicted octanol–water partition coefficient (Wildman–Crippen LogP) is 2.65. The van der Waals surface area contributed by atoms with E-state index in [4.69, 9.17) is 0 Å². The second-order valence-electron chi connectivity index (χ2n) is 4.18. The Labute approximate surface area is 118 Å². The van der Waals surface area contributed by atoms with Crippen molar-refractivity contribution in [2.45, 2.75) is 13.0 Å². The molecule has 0 spiro atoms. The normalized spacial score (nSPS) is 20.4. The molecule has 1 unspecified atom stereocenters. The van der Waals surface area contributed by atoms with Crippen LogP contribution in [0.2, 0.25) is 0 Å². The standard InChI is InChI=1S/C12H14Br2N2O/c1-8-7-15-4-5-16(8)12(17)10-3-2-9(13)6-11(10)14/h2-3,6,8,15H,4-5,7H2,1H3. The SMILES string of the molecule is CC1CNCCN1C(=O)c1ccc(Br)cc1Br. The first-order valence-corrected chi connectivity index (χ1v) is 7.15. The van der Waals surface area contributed by atoms with E-state index in [0.717, 1.165) is 34.1 Å². The molecule has 5 heteroatoms. The van der Waals surface area contributed by atoms with Crippen LogP contribution in [0.3, 0.4) is 0 Å². The van der Waals surface area contributed by atoms with E-state index < -0.39 is 0 Å². The minimum absolute atomic E-state index is 0.0957. The molecule has 1 heterocycles. The Kier molecular flexibility index (Phi) is 4.22. The van der Waals surface area contributed by atoms with Crippen LogP contribution < -0.4 is 5.32 Å². The van der Waals surface area contributed by atoms with Gasteiger partial charge in [-0.15, -0.1) is 0 Å². The lowest BCUT2D eigenvalue weighted by Gasteiger charge is -2.34. The van der Waals surface area contributed by atoms with Gasteiger partial charge in [0.2, 0.25) is 0 Å². The van der Waals surface area contributed by atoms with Crippen LogP contribution in [-0.4, -0.2) is 36.5 Å². The molecular weight excluding hydrogens is 348 g/mol. The molecule has 92 valence electrons. The average molecular weight is 362 g/mol. The molecule has 0 radical (unpaired) electrons. The van der Waals surface area contributed by atoms with Gasteiger partial charge in [0.05, 0.1) is 5.56 Å². The number of hydrogen-bond acceptors (Lipinski definition) is 2. The van der Waals surface area contributed by atoms with Crippen LogP contribution in [0.1, 0.15) is 17.3 Å². The molecule has 0 saturated carbocycles. The first-order chi connectivity index (χ1) is 8.09. The fourth-order valence-corrected chi connectivity index (χ4v) is 3.18. The molecule has 0 aromatic heterocycles. The van der Waals surface area contributed by atoms with Gasteiger partial charge in [0.25, 0.3) is 5.91 Å². The molecule has 17 heavy (non-hydrogen) atoms. The van der Waals surface area contributed by atoms with Gasteiger partial charge in [0.15, 0.2) is 0 Å². The molecule has 1 aliphatic rings. The van der Waals surface area contributed by atoms with Crippen LogP contribution in [0, 0.1) is 0 Å². The maximum Gasteiger partial charge on any atom is 0.255 e. The summed E-state index contributed by atoms with van der Waals surface area (Å²) < 4.78 is 1.80. The highest BCUT2D eigenvalue weighted by Gasteiger charge is 2.25. The summed E-state index contributed by atoms with van der Waals surface area (Å²) in [5.74, 6) is 0.0957. The van der Waals surface area contributed by atoms with Crippen LogP contribution in [0.5, 0.6) is 0 Å². The van der Waals surface area contributed by atoms with Gasteiger partial charge in [0.1, 0.15) is 0 Å². The summed E-state index contributed by atoms with van der Waals surface area (Å²) in [7, 11) is 0.